The molecule has 0 spiro atoms. The van der Waals surface area contributed by atoms with E-state index in [4.69, 9.17) is 9.84 Å². The number of hydrogen-bond acceptors (Lipinski definition) is 4. The second-order valence-corrected chi connectivity index (χ2v) is 6.37. The van der Waals surface area contributed by atoms with Gasteiger partial charge in [-0.05, 0) is 37.3 Å². The highest BCUT2D eigenvalue weighted by atomic mass is 79.9. The van der Waals surface area contributed by atoms with E-state index in [1.54, 1.807) is 12.1 Å². The van der Waals surface area contributed by atoms with Gasteiger partial charge >= 0.3 is 5.97 Å². The Kier molecular flexibility index (Phi) is 6.97. The SMILES string of the molecule is Cc1ccc(NC(=O)COc2ccc(Br)cc2CNCC(=O)O)cc1. The van der Waals surface area contributed by atoms with Crippen LogP contribution in [0, 0.1) is 6.92 Å². The van der Waals surface area contributed by atoms with Gasteiger partial charge in [0.2, 0.25) is 0 Å². The van der Waals surface area contributed by atoms with Crippen LogP contribution < -0.4 is 15.4 Å². The maximum Gasteiger partial charge on any atom is 0.317 e. The highest BCUT2D eigenvalue weighted by Gasteiger charge is 2.09. The van der Waals surface area contributed by atoms with E-state index in [0.29, 0.717) is 18.0 Å². The first kappa shape index (κ1) is 19.0. The van der Waals surface area contributed by atoms with E-state index in [1.165, 1.54) is 0 Å². The number of amides is 1. The van der Waals surface area contributed by atoms with E-state index < -0.39 is 5.97 Å². The van der Waals surface area contributed by atoms with Crippen LogP contribution in [0.15, 0.2) is 46.9 Å². The van der Waals surface area contributed by atoms with Gasteiger partial charge in [-0.25, -0.2) is 0 Å². The molecule has 7 heteroatoms. The number of aliphatic carboxylic acids is 1. The fraction of sp³-hybridized carbons (Fsp3) is 0.222. The van der Waals surface area contributed by atoms with E-state index in [2.05, 4.69) is 26.6 Å². The molecule has 0 unspecified atom stereocenters. The Hall–Kier alpha value is -2.38. The molecule has 0 saturated carbocycles. The molecule has 3 N–H and O–H groups in total. The number of halogens is 1. The molecule has 25 heavy (non-hydrogen) atoms. The molecule has 6 nitrogen and oxygen atoms in total. The molecule has 2 aromatic carbocycles. The van der Waals surface area contributed by atoms with Crippen molar-refractivity contribution in [1.82, 2.24) is 5.32 Å². The van der Waals surface area contributed by atoms with Gasteiger partial charge in [0.25, 0.3) is 5.91 Å². The standard InChI is InChI=1S/C18H19BrN2O4/c1-12-2-5-15(6-3-12)21-17(22)11-25-16-7-4-14(19)8-13(16)9-20-10-18(23)24/h2-8,20H,9-11H2,1H3,(H,21,22)(H,23,24). The summed E-state index contributed by atoms with van der Waals surface area (Å²) in [6.07, 6.45) is 0. The molecule has 1 amide bonds. The minimum absolute atomic E-state index is 0.137. The van der Waals surface area contributed by atoms with Crippen molar-refractivity contribution in [1.29, 1.82) is 0 Å². The molecule has 0 aliphatic heterocycles. The fourth-order valence-corrected chi connectivity index (χ4v) is 2.52. The Morgan fingerprint density at radius 3 is 2.56 bits per heavy atom. The Bertz CT molecular complexity index is 747. The zero-order valence-corrected chi connectivity index (χ0v) is 15.3. The van der Waals surface area contributed by atoms with Gasteiger partial charge in [0.1, 0.15) is 5.75 Å². The maximum absolute atomic E-state index is 12.0. The quantitative estimate of drug-likeness (QED) is 0.627. The van der Waals surface area contributed by atoms with Gasteiger partial charge in [-0.3, -0.25) is 9.59 Å². The van der Waals surface area contributed by atoms with Crippen LogP contribution in [0.5, 0.6) is 5.75 Å². The van der Waals surface area contributed by atoms with Crippen molar-refractivity contribution in [3.63, 3.8) is 0 Å². The number of aryl methyl sites for hydroxylation is 1. The Morgan fingerprint density at radius 2 is 1.88 bits per heavy atom. The first-order valence-electron chi connectivity index (χ1n) is 7.64. The van der Waals surface area contributed by atoms with E-state index >= 15 is 0 Å². The summed E-state index contributed by atoms with van der Waals surface area (Å²) in [6.45, 7) is 2.00. The van der Waals surface area contributed by atoms with E-state index in [9.17, 15) is 9.59 Å². The summed E-state index contributed by atoms with van der Waals surface area (Å²) in [5.41, 5.74) is 2.58. The molecule has 0 heterocycles. The number of nitrogens with one attached hydrogen (secondary N) is 2. The number of rotatable bonds is 8. The summed E-state index contributed by atoms with van der Waals surface area (Å²) < 4.78 is 6.43. The molecule has 0 saturated heterocycles. The highest BCUT2D eigenvalue weighted by Crippen LogP contribution is 2.23. The Labute approximate surface area is 154 Å². The molecule has 0 atom stereocenters. The van der Waals surface area contributed by atoms with Crippen molar-refractivity contribution in [2.75, 3.05) is 18.5 Å². The number of ether oxygens (including phenoxy) is 1. The van der Waals surface area contributed by atoms with Crippen molar-refractivity contribution < 1.29 is 19.4 Å². The highest BCUT2D eigenvalue weighted by molar-refractivity contribution is 9.10. The van der Waals surface area contributed by atoms with Gasteiger partial charge in [0, 0.05) is 22.3 Å². The normalized spacial score (nSPS) is 10.3. The zero-order chi connectivity index (χ0) is 18.2. The first-order chi connectivity index (χ1) is 11.9. The molecule has 2 aromatic rings. The molecule has 0 fully saturated rings. The van der Waals surface area contributed by atoms with E-state index in [0.717, 1.165) is 15.6 Å². The smallest absolute Gasteiger partial charge is 0.317 e. The van der Waals surface area contributed by atoms with Crippen molar-refractivity contribution in [3.05, 3.63) is 58.1 Å². The number of carbonyl (C=O) groups excluding carboxylic acids is 1. The van der Waals surface area contributed by atoms with Gasteiger partial charge in [0.15, 0.2) is 6.61 Å². The van der Waals surface area contributed by atoms with Gasteiger partial charge in [0.05, 0.1) is 6.54 Å². The third-order valence-electron chi connectivity index (χ3n) is 3.31. The van der Waals surface area contributed by atoms with Crippen LogP contribution in [-0.2, 0) is 16.1 Å². The lowest BCUT2D eigenvalue weighted by Crippen LogP contribution is -2.23. The average molecular weight is 407 g/mol. The zero-order valence-electron chi connectivity index (χ0n) is 13.7. The lowest BCUT2D eigenvalue weighted by Gasteiger charge is -2.12. The van der Waals surface area contributed by atoms with Crippen molar-refractivity contribution in [3.8, 4) is 5.75 Å². The Morgan fingerprint density at radius 1 is 1.16 bits per heavy atom. The molecular formula is C18H19BrN2O4. The molecule has 132 valence electrons. The number of carboxylic acid groups (broad SMARTS) is 1. The van der Waals surface area contributed by atoms with Crippen LogP contribution in [-0.4, -0.2) is 30.1 Å². The number of hydrogen-bond donors (Lipinski definition) is 3. The van der Waals surface area contributed by atoms with Crippen molar-refractivity contribution in [2.24, 2.45) is 0 Å². The Balaban J connectivity index is 1.93. The largest absolute Gasteiger partial charge is 0.483 e. The summed E-state index contributed by atoms with van der Waals surface area (Å²) in [6, 6.07) is 12.8. The number of carboxylic acids is 1. The van der Waals surface area contributed by atoms with Crippen LogP contribution in [0.2, 0.25) is 0 Å². The van der Waals surface area contributed by atoms with Gasteiger partial charge < -0.3 is 20.5 Å². The number of benzene rings is 2. The predicted octanol–water partition coefficient (Wildman–Crippen LogP) is 2.95. The molecule has 0 aliphatic rings. The van der Waals surface area contributed by atoms with Crippen LogP contribution in [0.25, 0.3) is 0 Å². The number of carbonyl (C=O) groups is 2. The van der Waals surface area contributed by atoms with E-state index in [1.807, 2.05) is 37.3 Å². The lowest BCUT2D eigenvalue weighted by molar-refractivity contribution is -0.136. The predicted molar refractivity (Wildman–Crippen MR) is 98.8 cm³/mol. The molecule has 0 aliphatic carbocycles. The van der Waals surface area contributed by atoms with Crippen LogP contribution in [0.3, 0.4) is 0 Å². The van der Waals surface area contributed by atoms with Crippen molar-refractivity contribution >= 4 is 33.5 Å². The topological polar surface area (TPSA) is 87.7 Å². The molecule has 0 radical (unpaired) electrons. The summed E-state index contributed by atoms with van der Waals surface area (Å²) >= 11 is 3.37. The summed E-state index contributed by atoms with van der Waals surface area (Å²) in [7, 11) is 0. The third-order valence-corrected chi connectivity index (χ3v) is 3.80. The van der Waals surface area contributed by atoms with E-state index in [-0.39, 0.29) is 19.1 Å². The minimum atomic E-state index is -0.935. The van der Waals surface area contributed by atoms with Crippen LogP contribution in [0.1, 0.15) is 11.1 Å². The molecular weight excluding hydrogens is 388 g/mol. The second kappa shape index (κ2) is 9.19. The second-order valence-electron chi connectivity index (χ2n) is 5.45. The third kappa shape index (κ3) is 6.56. The van der Waals surface area contributed by atoms with Gasteiger partial charge in [-0.2, -0.15) is 0 Å². The van der Waals surface area contributed by atoms with Gasteiger partial charge in [-0.1, -0.05) is 33.6 Å². The maximum atomic E-state index is 12.0. The van der Waals surface area contributed by atoms with Gasteiger partial charge in [-0.15, -0.1) is 0 Å². The summed E-state index contributed by atoms with van der Waals surface area (Å²) in [5, 5.41) is 14.3. The van der Waals surface area contributed by atoms with Crippen LogP contribution in [0.4, 0.5) is 5.69 Å². The summed E-state index contributed by atoms with van der Waals surface area (Å²) in [5.74, 6) is -0.675. The lowest BCUT2D eigenvalue weighted by atomic mass is 10.2. The summed E-state index contributed by atoms with van der Waals surface area (Å²) in [4.78, 5) is 22.6. The van der Waals surface area contributed by atoms with Crippen LogP contribution >= 0.6 is 15.9 Å². The minimum Gasteiger partial charge on any atom is -0.483 e. The monoisotopic (exact) mass is 406 g/mol. The molecule has 0 aromatic heterocycles. The van der Waals surface area contributed by atoms with Crippen molar-refractivity contribution in [2.45, 2.75) is 13.5 Å². The number of anilines is 1. The fourth-order valence-electron chi connectivity index (χ4n) is 2.11. The molecule has 0 bridgehead atoms. The molecule has 2 rings (SSSR count). The first-order valence-corrected chi connectivity index (χ1v) is 8.43. The average Bonchev–Trinajstić information content (AvgIpc) is 2.56.